The van der Waals surface area contributed by atoms with Gasteiger partial charge in [-0.25, -0.2) is 0 Å². The van der Waals surface area contributed by atoms with Gasteiger partial charge in [-0.1, -0.05) is 26.0 Å². The summed E-state index contributed by atoms with van der Waals surface area (Å²) in [4.78, 5) is 0. The molecule has 14 heavy (non-hydrogen) atoms. The zero-order chi connectivity index (χ0) is 10.1. The van der Waals surface area contributed by atoms with Crippen molar-refractivity contribution in [1.82, 2.24) is 9.78 Å². The highest BCUT2D eigenvalue weighted by molar-refractivity contribution is 5.79. The van der Waals surface area contributed by atoms with Gasteiger partial charge in [-0.05, 0) is 24.5 Å². The molecule has 1 aromatic heterocycles. The molecule has 0 aliphatic carbocycles. The Morgan fingerprint density at radius 2 is 2.14 bits per heavy atom. The van der Waals surface area contributed by atoms with Gasteiger partial charge in [0.1, 0.15) is 0 Å². The van der Waals surface area contributed by atoms with Gasteiger partial charge < -0.3 is 0 Å². The fraction of sp³-hybridized carbons (Fsp3) is 0.417. The average Bonchev–Trinajstić information content (AvgIpc) is 2.47. The van der Waals surface area contributed by atoms with Crippen molar-refractivity contribution in [2.75, 3.05) is 0 Å². The number of aromatic nitrogens is 2. The Hall–Kier alpha value is -1.31. The average molecular weight is 188 g/mol. The topological polar surface area (TPSA) is 17.8 Å². The first-order valence-corrected chi connectivity index (χ1v) is 5.09. The van der Waals surface area contributed by atoms with Gasteiger partial charge in [0.05, 0.1) is 11.7 Å². The van der Waals surface area contributed by atoms with Crippen LogP contribution in [0.4, 0.5) is 0 Å². The summed E-state index contributed by atoms with van der Waals surface area (Å²) in [6.07, 6.45) is 1.94. The standard InChI is InChI=1S/C12H16N2/c1-9(2)8-14-12-6-10(3)4-5-11(12)7-13-14/h4-7,9H,8H2,1-3H3. The van der Waals surface area contributed by atoms with Crippen LogP contribution in [0.1, 0.15) is 19.4 Å². The van der Waals surface area contributed by atoms with E-state index in [4.69, 9.17) is 0 Å². The minimum Gasteiger partial charge on any atom is -0.265 e. The van der Waals surface area contributed by atoms with Crippen molar-refractivity contribution in [3.8, 4) is 0 Å². The Balaban J connectivity index is 2.50. The lowest BCUT2D eigenvalue weighted by Gasteiger charge is -2.06. The van der Waals surface area contributed by atoms with Crippen molar-refractivity contribution in [2.45, 2.75) is 27.3 Å². The van der Waals surface area contributed by atoms with E-state index >= 15 is 0 Å². The molecule has 0 unspecified atom stereocenters. The quantitative estimate of drug-likeness (QED) is 0.708. The van der Waals surface area contributed by atoms with Crippen LogP contribution >= 0.6 is 0 Å². The van der Waals surface area contributed by atoms with Crippen LogP contribution in [0.3, 0.4) is 0 Å². The second-order valence-corrected chi connectivity index (χ2v) is 4.28. The van der Waals surface area contributed by atoms with Crippen molar-refractivity contribution in [1.29, 1.82) is 0 Å². The van der Waals surface area contributed by atoms with Crippen LogP contribution in [0, 0.1) is 12.8 Å². The van der Waals surface area contributed by atoms with Gasteiger partial charge in [0.2, 0.25) is 0 Å². The van der Waals surface area contributed by atoms with Crippen molar-refractivity contribution in [3.05, 3.63) is 30.0 Å². The van der Waals surface area contributed by atoms with Crippen LogP contribution in [0.2, 0.25) is 0 Å². The predicted octanol–water partition coefficient (Wildman–Crippen LogP) is 3.00. The number of hydrogen-bond donors (Lipinski definition) is 0. The molecule has 2 heteroatoms. The molecular formula is C12H16N2. The molecule has 2 aromatic rings. The van der Waals surface area contributed by atoms with Crippen molar-refractivity contribution >= 4 is 10.9 Å². The fourth-order valence-electron chi connectivity index (χ4n) is 1.67. The molecule has 0 bridgehead atoms. The first-order valence-electron chi connectivity index (χ1n) is 5.09. The summed E-state index contributed by atoms with van der Waals surface area (Å²) in [6.45, 7) is 7.53. The lowest BCUT2D eigenvalue weighted by Crippen LogP contribution is -2.05. The molecule has 2 rings (SSSR count). The molecule has 1 aromatic carbocycles. The van der Waals surface area contributed by atoms with Crippen molar-refractivity contribution < 1.29 is 0 Å². The number of hydrogen-bond acceptors (Lipinski definition) is 1. The molecule has 0 atom stereocenters. The van der Waals surface area contributed by atoms with Crippen LogP contribution < -0.4 is 0 Å². The monoisotopic (exact) mass is 188 g/mol. The molecule has 0 amide bonds. The molecule has 0 aliphatic heterocycles. The van der Waals surface area contributed by atoms with E-state index in [1.54, 1.807) is 0 Å². The van der Waals surface area contributed by atoms with Crippen LogP contribution in [-0.4, -0.2) is 9.78 Å². The summed E-state index contributed by atoms with van der Waals surface area (Å²) in [5.41, 5.74) is 2.54. The normalized spacial score (nSPS) is 11.4. The highest BCUT2D eigenvalue weighted by Gasteiger charge is 2.03. The summed E-state index contributed by atoms with van der Waals surface area (Å²) in [7, 11) is 0. The third-order valence-corrected chi connectivity index (χ3v) is 2.34. The largest absolute Gasteiger partial charge is 0.265 e. The van der Waals surface area contributed by atoms with E-state index in [-0.39, 0.29) is 0 Å². The van der Waals surface area contributed by atoms with E-state index in [1.807, 2.05) is 6.20 Å². The third kappa shape index (κ3) is 1.65. The summed E-state index contributed by atoms with van der Waals surface area (Å²) < 4.78 is 2.09. The van der Waals surface area contributed by atoms with E-state index in [9.17, 15) is 0 Å². The van der Waals surface area contributed by atoms with Gasteiger partial charge in [-0.2, -0.15) is 5.10 Å². The van der Waals surface area contributed by atoms with Crippen LogP contribution in [0.15, 0.2) is 24.4 Å². The number of rotatable bonds is 2. The van der Waals surface area contributed by atoms with Gasteiger partial charge in [0.15, 0.2) is 0 Å². The van der Waals surface area contributed by atoms with Gasteiger partial charge in [0, 0.05) is 11.9 Å². The number of fused-ring (bicyclic) bond motifs is 1. The highest BCUT2D eigenvalue weighted by atomic mass is 15.3. The Morgan fingerprint density at radius 1 is 1.36 bits per heavy atom. The van der Waals surface area contributed by atoms with Gasteiger partial charge in [-0.15, -0.1) is 0 Å². The molecule has 2 nitrogen and oxygen atoms in total. The lowest BCUT2D eigenvalue weighted by molar-refractivity contribution is 0.495. The number of benzene rings is 1. The molecular weight excluding hydrogens is 172 g/mol. The summed E-state index contributed by atoms with van der Waals surface area (Å²) in [5.74, 6) is 0.638. The number of nitrogens with zero attached hydrogens (tertiary/aromatic N) is 2. The maximum atomic E-state index is 4.39. The molecule has 0 radical (unpaired) electrons. The van der Waals surface area contributed by atoms with Gasteiger partial charge >= 0.3 is 0 Å². The van der Waals surface area contributed by atoms with E-state index in [0.717, 1.165) is 6.54 Å². The highest BCUT2D eigenvalue weighted by Crippen LogP contribution is 2.16. The Labute approximate surface area is 84.5 Å². The van der Waals surface area contributed by atoms with E-state index < -0.39 is 0 Å². The first kappa shape index (κ1) is 9.25. The maximum Gasteiger partial charge on any atom is 0.0685 e. The fourth-order valence-corrected chi connectivity index (χ4v) is 1.67. The Morgan fingerprint density at radius 3 is 2.86 bits per heavy atom. The molecule has 0 saturated heterocycles. The Kier molecular flexibility index (Phi) is 2.28. The van der Waals surface area contributed by atoms with E-state index in [2.05, 4.69) is 48.8 Å². The van der Waals surface area contributed by atoms with Gasteiger partial charge in [-0.3, -0.25) is 4.68 Å². The second kappa shape index (κ2) is 3.45. The molecule has 0 fully saturated rings. The van der Waals surface area contributed by atoms with Crippen LogP contribution in [0.5, 0.6) is 0 Å². The molecule has 0 saturated carbocycles. The summed E-state index contributed by atoms with van der Waals surface area (Å²) in [5, 5.41) is 5.63. The number of aryl methyl sites for hydroxylation is 1. The van der Waals surface area contributed by atoms with Gasteiger partial charge in [0.25, 0.3) is 0 Å². The molecule has 74 valence electrons. The lowest BCUT2D eigenvalue weighted by atomic mass is 10.2. The Bertz CT molecular complexity index is 441. The van der Waals surface area contributed by atoms with E-state index in [1.165, 1.54) is 16.5 Å². The third-order valence-electron chi connectivity index (χ3n) is 2.34. The first-order chi connectivity index (χ1) is 6.66. The summed E-state index contributed by atoms with van der Waals surface area (Å²) >= 11 is 0. The minimum atomic E-state index is 0.638. The molecule has 0 N–H and O–H groups in total. The smallest absolute Gasteiger partial charge is 0.0685 e. The zero-order valence-corrected chi connectivity index (χ0v) is 8.99. The SMILES string of the molecule is Cc1ccc2cnn(CC(C)C)c2c1. The molecule has 1 heterocycles. The van der Waals surface area contributed by atoms with Crippen LogP contribution in [0.25, 0.3) is 10.9 Å². The predicted molar refractivity (Wildman–Crippen MR) is 59.3 cm³/mol. The maximum absolute atomic E-state index is 4.39. The second-order valence-electron chi connectivity index (χ2n) is 4.28. The summed E-state index contributed by atoms with van der Waals surface area (Å²) in [6, 6.07) is 6.46. The van der Waals surface area contributed by atoms with Crippen molar-refractivity contribution in [3.63, 3.8) is 0 Å². The van der Waals surface area contributed by atoms with Crippen LogP contribution in [-0.2, 0) is 6.54 Å². The molecule has 0 spiro atoms. The minimum absolute atomic E-state index is 0.638. The zero-order valence-electron chi connectivity index (χ0n) is 8.99. The van der Waals surface area contributed by atoms with E-state index in [0.29, 0.717) is 5.92 Å². The van der Waals surface area contributed by atoms with Crippen molar-refractivity contribution in [2.24, 2.45) is 5.92 Å². The molecule has 0 aliphatic rings.